The molecule has 2 aliphatic rings. The first-order valence-corrected chi connectivity index (χ1v) is 13.5. The number of piperidine rings is 1. The fourth-order valence-corrected chi connectivity index (χ4v) is 5.27. The van der Waals surface area contributed by atoms with Crippen LogP contribution >= 0.6 is 0 Å². The lowest BCUT2D eigenvalue weighted by molar-refractivity contribution is 0.0936. The minimum atomic E-state index is -4.11. The Morgan fingerprint density at radius 1 is 0.946 bits per heavy atom. The van der Waals surface area contributed by atoms with E-state index in [4.69, 9.17) is 13.9 Å². The van der Waals surface area contributed by atoms with Crippen LogP contribution in [0.5, 0.6) is 5.75 Å². The number of hydrogen-bond donors (Lipinski definition) is 0. The molecular weight excluding hydrogens is 492 g/mol. The number of fused-ring (bicyclic) bond motifs is 2. The Balaban J connectivity index is 1.40. The Bertz CT molecular complexity index is 1430. The summed E-state index contributed by atoms with van der Waals surface area (Å²) in [6, 6.07) is 18.9. The summed E-state index contributed by atoms with van der Waals surface area (Å²) < 4.78 is 38.6. The minimum absolute atomic E-state index is 0.208. The van der Waals surface area contributed by atoms with Crippen molar-refractivity contribution in [1.82, 2.24) is 9.88 Å². The van der Waals surface area contributed by atoms with Crippen molar-refractivity contribution >= 4 is 22.1 Å². The number of aromatic nitrogens is 1. The van der Waals surface area contributed by atoms with E-state index in [9.17, 15) is 13.2 Å². The molecule has 2 heterocycles. The number of pyridine rings is 1. The second-order valence-corrected chi connectivity index (χ2v) is 10.3. The number of nitrogens with zero attached hydrogens (tertiary/aromatic N) is 2. The van der Waals surface area contributed by atoms with Gasteiger partial charge in [0, 0.05) is 24.9 Å². The molecule has 192 valence electrons. The van der Waals surface area contributed by atoms with E-state index in [1.165, 1.54) is 5.57 Å². The topological polar surface area (TPSA) is 95.0 Å². The van der Waals surface area contributed by atoms with Gasteiger partial charge in [0.25, 0.3) is 0 Å². The summed E-state index contributed by atoms with van der Waals surface area (Å²) in [6.45, 7) is 1.35. The van der Waals surface area contributed by atoms with Gasteiger partial charge in [-0.1, -0.05) is 48.0 Å². The van der Waals surface area contributed by atoms with Crippen LogP contribution < -0.4 is 4.18 Å². The van der Waals surface area contributed by atoms with E-state index < -0.39 is 10.4 Å². The summed E-state index contributed by atoms with van der Waals surface area (Å²) in [5, 5.41) is 0. The van der Waals surface area contributed by atoms with Gasteiger partial charge in [-0.3, -0.25) is 4.98 Å². The van der Waals surface area contributed by atoms with Crippen LogP contribution in [0.3, 0.4) is 0 Å². The summed E-state index contributed by atoms with van der Waals surface area (Å²) in [4.78, 5) is 19.2. The highest BCUT2D eigenvalue weighted by Gasteiger charge is 2.27. The van der Waals surface area contributed by atoms with E-state index in [1.807, 2.05) is 42.5 Å². The lowest BCUT2D eigenvalue weighted by atomic mass is 9.88. The molecule has 0 N–H and O–H groups in total. The van der Waals surface area contributed by atoms with Gasteiger partial charge in [-0.2, -0.15) is 8.42 Å². The zero-order chi connectivity index (χ0) is 25.8. The Morgan fingerprint density at radius 3 is 2.46 bits per heavy atom. The predicted octanol–water partition coefficient (Wildman–Crippen LogP) is 4.68. The molecule has 0 atom stereocenters. The van der Waals surface area contributed by atoms with Crippen LogP contribution in [0, 0.1) is 0 Å². The lowest BCUT2D eigenvalue weighted by Gasteiger charge is -2.29. The van der Waals surface area contributed by atoms with Gasteiger partial charge < -0.3 is 13.8 Å². The molecule has 0 unspecified atom stereocenters. The van der Waals surface area contributed by atoms with Crippen molar-refractivity contribution in [3.63, 3.8) is 0 Å². The van der Waals surface area contributed by atoms with Crippen LogP contribution in [0.1, 0.15) is 40.8 Å². The maximum atomic E-state index is 12.7. The smallest absolute Gasteiger partial charge is 0.445 e. The minimum Gasteiger partial charge on any atom is -0.445 e. The highest BCUT2D eigenvalue weighted by atomic mass is 32.3. The maximum Gasteiger partial charge on any atom is 0.448 e. The Morgan fingerprint density at radius 2 is 1.70 bits per heavy atom. The molecule has 1 aliphatic heterocycles. The molecule has 0 bridgehead atoms. The van der Waals surface area contributed by atoms with Gasteiger partial charge in [0.1, 0.15) is 12.4 Å². The van der Waals surface area contributed by atoms with E-state index in [2.05, 4.69) is 10.2 Å². The molecular formula is C28H28N2O6S. The molecule has 0 radical (unpaired) electrons. The molecule has 8 nitrogen and oxygen atoms in total. The molecule has 0 spiro atoms. The summed E-state index contributed by atoms with van der Waals surface area (Å²) in [7, 11) is -3.04. The van der Waals surface area contributed by atoms with Crippen molar-refractivity contribution in [3.05, 3.63) is 100 Å². The van der Waals surface area contributed by atoms with Gasteiger partial charge in [0.2, 0.25) is 0 Å². The largest absolute Gasteiger partial charge is 0.448 e. The van der Waals surface area contributed by atoms with Crippen molar-refractivity contribution in [1.29, 1.82) is 0 Å². The number of likely N-dealkylation sites (tertiary alicyclic amines) is 1. The van der Waals surface area contributed by atoms with Gasteiger partial charge in [-0.25, -0.2) is 8.98 Å². The first kappa shape index (κ1) is 25.0. The third kappa shape index (κ3) is 5.68. The quantitative estimate of drug-likeness (QED) is 0.482. The summed E-state index contributed by atoms with van der Waals surface area (Å²) in [5.41, 5.74) is 7.29. The fourth-order valence-electron chi connectivity index (χ4n) is 4.86. The maximum absolute atomic E-state index is 12.7. The fraction of sp³-hybridized carbons (Fsp3) is 0.286. The predicted molar refractivity (Wildman–Crippen MR) is 138 cm³/mol. The second kappa shape index (κ2) is 10.7. The average molecular weight is 521 g/mol. The molecule has 5 rings (SSSR count). The molecule has 1 aliphatic carbocycles. The first-order valence-electron chi connectivity index (χ1n) is 12.2. The number of carbonyl (C=O) groups is 1. The number of amides is 1. The van der Waals surface area contributed by atoms with Gasteiger partial charge in [-0.05, 0) is 66.1 Å². The van der Waals surface area contributed by atoms with Crippen LogP contribution in [0.4, 0.5) is 4.79 Å². The van der Waals surface area contributed by atoms with Gasteiger partial charge in [-0.15, -0.1) is 0 Å². The number of benzene rings is 2. The average Bonchev–Trinajstić information content (AvgIpc) is 3.09. The number of ether oxygens (including phenoxy) is 1. The Kier molecular flexibility index (Phi) is 7.25. The Labute approximate surface area is 216 Å². The number of aryl methyl sites for hydroxylation is 2. The van der Waals surface area contributed by atoms with Crippen LogP contribution in [0.2, 0.25) is 0 Å². The van der Waals surface area contributed by atoms with Crippen LogP contribution in [0.15, 0.2) is 72.4 Å². The molecule has 1 amide bonds. The third-order valence-corrected chi connectivity index (χ3v) is 7.53. The summed E-state index contributed by atoms with van der Waals surface area (Å²) in [6.07, 6.45) is 4.36. The molecule has 2 aromatic carbocycles. The Hall–Kier alpha value is -3.69. The van der Waals surface area contributed by atoms with Crippen molar-refractivity contribution in [2.45, 2.75) is 32.3 Å². The van der Waals surface area contributed by atoms with Crippen molar-refractivity contribution in [2.75, 3.05) is 20.2 Å². The van der Waals surface area contributed by atoms with E-state index in [-0.39, 0.29) is 18.4 Å². The zero-order valence-electron chi connectivity index (χ0n) is 20.6. The first-order chi connectivity index (χ1) is 17.9. The standard InChI is InChI=1S/C28H28N2O6S/c1-34-37(32,33)36-24-11-12-25-23(18-24)10-9-22-8-5-15-29-27(22)26(25)21-13-16-30(17-14-21)28(31)35-19-20-6-3-2-4-7-20/h2-8,11-12,15,18H,9-10,13-14,16-17,19H2,1H3. The highest BCUT2D eigenvalue weighted by Crippen LogP contribution is 2.39. The second-order valence-electron chi connectivity index (χ2n) is 8.99. The van der Waals surface area contributed by atoms with Gasteiger partial charge in [0.05, 0.1) is 12.8 Å². The molecule has 3 aromatic rings. The highest BCUT2D eigenvalue weighted by molar-refractivity contribution is 7.82. The molecule has 0 saturated carbocycles. The van der Waals surface area contributed by atoms with Crippen molar-refractivity contribution in [3.8, 4) is 5.75 Å². The van der Waals surface area contributed by atoms with Crippen LogP contribution in [-0.4, -0.2) is 44.6 Å². The number of carbonyl (C=O) groups excluding carboxylic acids is 1. The third-order valence-electron chi connectivity index (χ3n) is 6.72. The monoisotopic (exact) mass is 520 g/mol. The molecule has 1 saturated heterocycles. The normalized spacial score (nSPS) is 15.4. The van der Waals surface area contributed by atoms with E-state index in [0.29, 0.717) is 32.4 Å². The van der Waals surface area contributed by atoms with E-state index in [1.54, 1.807) is 23.2 Å². The van der Waals surface area contributed by atoms with Crippen molar-refractivity contribution in [2.24, 2.45) is 0 Å². The van der Waals surface area contributed by atoms with E-state index in [0.717, 1.165) is 47.1 Å². The van der Waals surface area contributed by atoms with Gasteiger partial charge in [0.15, 0.2) is 0 Å². The van der Waals surface area contributed by atoms with Crippen LogP contribution in [-0.2, 0) is 38.8 Å². The molecule has 1 fully saturated rings. The van der Waals surface area contributed by atoms with Gasteiger partial charge >= 0.3 is 16.5 Å². The summed E-state index contributed by atoms with van der Waals surface area (Å²) >= 11 is 0. The lowest BCUT2D eigenvalue weighted by Crippen LogP contribution is -2.37. The SMILES string of the molecule is COS(=O)(=O)Oc1ccc2c(c1)CCc1cccnc1C2=C1CCN(C(=O)OCc2ccccc2)CC1. The zero-order valence-corrected chi connectivity index (χ0v) is 21.4. The molecule has 9 heteroatoms. The van der Waals surface area contributed by atoms with Crippen LogP contribution in [0.25, 0.3) is 5.57 Å². The summed E-state index contributed by atoms with van der Waals surface area (Å²) in [5.74, 6) is 0.208. The molecule has 1 aromatic heterocycles. The number of rotatable bonds is 5. The number of hydrogen-bond acceptors (Lipinski definition) is 7. The van der Waals surface area contributed by atoms with E-state index >= 15 is 0 Å². The van der Waals surface area contributed by atoms with Crippen molar-refractivity contribution < 1.29 is 26.3 Å². The molecule has 37 heavy (non-hydrogen) atoms.